The highest BCUT2D eigenvalue weighted by atomic mass is 127. The van der Waals surface area contributed by atoms with E-state index in [0.29, 0.717) is 36.7 Å². The molecule has 1 amide bonds. The molecule has 1 fully saturated rings. The van der Waals surface area contributed by atoms with Gasteiger partial charge in [0.25, 0.3) is 5.91 Å². The quantitative estimate of drug-likeness (QED) is 0.286. The van der Waals surface area contributed by atoms with Crippen LogP contribution >= 0.6 is 24.0 Å². The Labute approximate surface area is 200 Å². The third kappa shape index (κ3) is 7.77. The number of rotatable bonds is 7. The lowest BCUT2D eigenvalue weighted by Gasteiger charge is -2.13. The van der Waals surface area contributed by atoms with Crippen molar-refractivity contribution in [2.45, 2.75) is 39.0 Å². The minimum absolute atomic E-state index is 0. The van der Waals surface area contributed by atoms with Gasteiger partial charge in [-0.1, -0.05) is 24.3 Å². The van der Waals surface area contributed by atoms with E-state index in [1.54, 1.807) is 26.1 Å². The number of nitrogens with one attached hydrogen (secondary N) is 3. The third-order valence-corrected chi connectivity index (χ3v) is 5.08. The molecule has 1 aliphatic heterocycles. The molecule has 8 heteroatoms. The number of aryl methyl sites for hydroxylation is 1. The van der Waals surface area contributed by atoms with E-state index in [4.69, 9.17) is 4.74 Å². The summed E-state index contributed by atoms with van der Waals surface area (Å²) in [5.41, 5.74) is 3.04. The number of hydrogen-bond donors (Lipinski definition) is 3. The van der Waals surface area contributed by atoms with Gasteiger partial charge in [-0.05, 0) is 54.7 Å². The highest BCUT2D eigenvalue weighted by molar-refractivity contribution is 14.0. The summed E-state index contributed by atoms with van der Waals surface area (Å²) < 4.78 is 19.2. The Bertz CT molecular complexity index is 901. The summed E-state index contributed by atoms with van der Waals surface area (Å²) in [7, 11) is 1.68. The Hall–Kier alpha value is -2.20. The van der Waals surface area contributed by atoms with E-state index in [-0.39, 0.29) is 41.8 Å². The fraction of sp³-hybridized carbons (Fsp3) is 0.391. The van der Waals surface area contributed by atoms with Gasteiger partial charge in [0.2, 0.25) is 0 Å². The van der Waals surface area contributed by atoms with Crippen molar-refractivity contribution in [3.05, 3.63) is 70.5 Å². The maximum Gasteiger partial charge on any atom is 0.251 e. The first-order valence-corrected chi connectivity index (χ1v) is 10.2. The van der Waals surface area contributed by atoms with Crippen molar-refractivity contribution >= 4 is 35.8 Å². The van der Waals surface area contributed by atoms with E-state index in [0.717, 1.165) is 30.6 Å². The highest BCUT2D eigenvalue weighted by Crippen LogP contribution is 2.12. The molecule has 1 heterocycles. The molecule has 0 bridgehead atoms. The number of hydrogen-bond acceptors (Lipinski definition) is 3. The van der Waals surface area contributed by atoms with Crippen LogP contribution in [0, 0.1) is 12.7 Å². The largest absolute Gasteiger partial charge is 0.376 e. The molecule has 0 saturated carbocycles. The van der Waals surface area contributed by atoms with Crippen LogP contribution in [0.1, 0.15) is 39.9 Å². The zero-order valence-electron chi connectivity index (χ0n) is 17.9. The summed E-state index contributed by atoms with van der Waals surface area (Å²) in [5.74, 6) is 0.285. The van der Waals surface area contributed by atoms with Crippen LogP contribution in [0.5, 0.6) is 0 Å². The number of amides is 1. The van der Waals surface area contributed by atoms with E-state index in [1.807, 2.05) is 24.3 Å². The van der Waals surface area contributed by atoms with Crippen molar-refractivity contribution in [2.24, 2.45) is 4.99 Å². The number of halogens is 2. The lowest BCUT2D eigenvalue weighted by molar-refractivity contribution is 0.0857. The van der Waals surface area contributed by atoms with Crippen molar-refractivity contribution in [3.8, 4) is 0 Å². The zero-order valence-corrected chi connectivity index (χ0v) is 20.2. The number of aliphatic imine (C=N–C) groups is 1. The molecule has 0 radical (unpaired) electrons. The van der Waals surface area contributed by atoms with Crippen molar-refractivity contribution in [1.29, 1.82) is 0 Å². The van der Waals surface area contributed by atoms with Crippen LogP contribution in [0.3, 0.4) is 0 Å². The van der Waals surface area contributed by atoms with Gasteiger partial charge in [0, 0.05) is 38.9 Å². The van der Waals surface area contributed by atoms with Crippen LogP contribution in [-0.4, -0.2) is 38.2 Å². The van der Waals surface area contributed by atoms with E-state index in [2.05, 4.69) is 20.9 Å². The van der Waals surface area contributed by atoms with Gasteiger partial charge in [-0.3, -0.25) is 9.79 Å². The molecule has 0 aliphatic carbocycles. The van der Waals surface area contributed by atoms with Gasteiger partial charge in [0.1, 0.15) is 5.82 Å². The van der Waals surface area contributed by atoms with Gasteiger partial charge in [-0.15, -0.1) is 24.0 Å². The van der Waals surface area contributed by atoms with Crippen LogP contribution in [0.4, 0.5) is 4.39 Å². The molecular formula is C23H30FIN4O2. The minimum Gasteiger partial charge on any atom is -0.376 e. The topological polar surface area (TPSA) is 74.8 Å². The first-order chi connectivity index (χ1) is 14.5. The molecule has 3 N–H and O–H groups in total. The lowest BCUT2D eigenvalue weighted by Crippen LogP contribution is -2.36. The predicted octanol–water partition coefficient (Wildman–Crippen LogP) is 3.53. The molecule has 1 unspecified atom stereocenters. The first kappa shape index (κ1) is 25.1. The zero-order chi connectivity index (χ0) is 21.3. The normalized spacial score (nSPS) is 15.8. The van der Waals surface area contributed by atoms with Crippen molar-refractivity contribution in [3.63, 3.8) is 0 Å². The summed E-state index contributed by atoms with van der Waals surface area (Å²) in [4.78, 5) is 16.6. The molecule has 2 aromatic carbocycles. The second-order valence-corrected chi connectivity index (χ2v) is 7.41. The molecule has 31 heavy (non-hydrogen) atoms. The van der Waals surface area contributed by atoms with Crippen LogP contribution < -0.4 is 16.0 Å². The van der Waals surface area contributed by atoms with Crippen LogP contribution in [0.2, 0.25) is 0 Å². The summed E-state index contributed by atoms with van der Waals surface area (Å²) in [6, 6.07) is 12.6. The standard InChI is InChI=1S/C23H29FN4O2.HI/c1-16-8-9-18(12-21(16)24)14-28-23(25-2)27-13-17-5-3-6-19(11-17)22(29)26-15-20-7-4-10-30-20;/h3,5-6,8-9,11-12,20H,4,7,10,13-15H2,1-2H3,(H,26,29)(H2,25,27,28);1H. The van der Waals surface area contributed by atoms with Gasteiger partial charge in [0.05, 0.1) is 6.10 Å². The molecule has 2 aromatic rings. The molecule has 1 aliphatic rings. The molecule has 3 rings (SSSR count). The smallest absolute Gasteiger partial charge is 0.251 e. The molecule has 168 valence electrons. The molecule has 1 saturated heterocycles. The number of guanidine groups is 1. The lowest BCUT2D eigenvalue weighted by atomic mass is 10.1. The number of carbonyl (C=O) groups is 1. The summed E-state index contributed by atoms with van der Waals surface area (Å²) in [6.45, 7) is 4.02. The fourth-order valence-electron chi connectivity index (χ4n) is 3.27. The second kappa shape index (κ2) is 12.6. The first-order valence-electron chi connectivity index (χ1n) is 10.2. The Morgan fingerprint density at radius 3 is 2.52 bits per heavy atom. The average molecular weight is 540 g/mol. The number of ether oxygens (including phenoxy) is 1. The average Bonchev–Trinajstić information content (AvgIpc) is 3.28. The summed E-state index contributed by atoms with van der Waals surface area (Å²) >= 11 is 0. The Morgan fingerprint density at radius 2 is 1.87 bits per heavy atom. The Kier molecular flexibility index (Phi) is 10.2. The van der Waals surface area contributed by atoms with Gasteiger partial charge in [0.15, 0.2) is 5.96 Å². The summed E-state index contributed by atoms with van der Waals surface area (Å²) in [6.07, 6.45) is 2.16. The van der Waals surface area contributed by atoms with Crippen LogP contribution in [-0.2, 0) is 17.8 Å². The van der Waals surface area contributed by atoms with Gasteiger partial charge in [-0.2, -0.15) is 0 Å². The van der Waals surface area contributed by atoms with Gasteiger partial charge < -0.3 is 20.7 Å². The number of benzene rings is 2. The van der Waals surface area contributed by atoms with E-state index < -0.39 is 0 Å². The molecule has 6 nitrogen and oxygen atoms in total. The second-order valence-electron chi connectivity index (χ2n) is 7.41. The van der Waals surface area contributed by atoms with E-state index >= 15 is 0 Å². The maximum absolute atomic E-state index is 13.7. The molecule has 0 spiro atoms. The fourth-order valence-corrected chi connectivity index (χ4v) is 3.27. The monoisotopic (exact) mass is 540 g/mol. The Balaban J connectivity index is 0.00000341. The summed E-state index contributed by atoms with van der Waals surface area (Å²) in [5, 5.41) is 9.33. The van der Waals surface area contributed by atoms with E-state index in [9.17, 15) is 9.18 Å². The van der Waals surface area contributed by atoms with E-state index in [1.165, 1.54) is 6.07 Å². The molecule has 1 atom stereocenters. The van der Waals surface area contributed by atoms with Crippen molar-refractivity contribution < 1.29 is 13.9 Å². The van der Waals surface area contributed by atoms with Gasteiger partial charge in [-0.25, -0.2) is 4.39 Å². The SMILES string of the molecule is CN=C(NCc1cccc(C(=O)NCC2CCCO2)c1)NCc1ccc(C)c(F)c1.I. The van der Waals surface area contributed by atoms with Crippen LogP contribution in [0.15, 0.2) is 47.5 Å². The third-order valence-electron chi connectivity index (χ3n) is 5.08. The predicted molar refractivity (Wildman–Crippen MR) is 131 cm³/mol. The van der Waals surface area contributed by atoms with Crippen molar-refractivity contribution in [1.82, 2.24) is 16.0 Å². The molecular weight excluding hydrogens is 510 g/mol. The van der Waals surface area contributed by atoms with Crippen LogP contribution in [0.25, 0.3) is 0 Å². The Morgan fingerprint density at radius 1 is 1.13 bits per heavy atom. The minimum atomic E-state index is -0.216. The number of carbonyl (C=O) groups excluding carboxylic acids is 1. The molecule has 0 aromatic heterocycles. The van der Waals surface area contributed by atoms with Crippen molar-refractivity contribution in [2.75, 3.05) is 20.2 Å². The maximum atomic E-state index is 13.7. The van der Waals surface area contributed by atoms with Gasteiger partial charge >= 0.3 is 0 Å². The highest BCUT2D eigenvalue weighted by Gasteiger charge is 2.16. The number of nitrogens with zero attached hydrogens (tertiary/aromatic N) is 1.